The molecular weight excluding hydrogens is 262 g/mol. The van der Waals surface area contributed by atoms with Crippen LogP contribution in [0.25, 0.3) is 11.0 Å². The summed E-state index contributed by atoms with van der Waals surface area (Å²) in [6.45, 7) is 6.46. The van der Waals surface area contributed by atoms with Gasteiger partial charge < -0.3 is 10.3 Å². The average Bonchev–Trinajstić information content (AvgIpc) is 3.01. The van der Waals surface area contributed by atoms with E-state index < -0.39 is 0 Å². The number of pyridine rings is 1. The SMILES string of the molecule is CCn1nc(C)cc1Cn1cc(CCN)c2cccnc21. The molecule has 0 spiro atoms. The molecule has 0 aromatic carbocycles. The van der Waals surface area contributed by atoms with Crippen LogP contribution in [0.15, 0.2) is 30.6 Å². The minimum Gasteiger partial charge on any atom is -0.330 e. The predicted molar refractivity (Wildman–Crippen MR) is 84.2 cm³/mol. The first-order valence-electron chi connectivity index (χ1n) is 7.39. The second kappa shape index (κ2) is 5.69. The number of hydrogen-bond acceptors (Lipinski definition) is 3. The molecule has 3 heterocycles. The zero-order valence-corrected chi connectivity index (χ0v) is 12.6. The first-order chi connectivity index (χ1) is 10.2. The van der Waals surface area contributed by atoms with Crippen molar-refractivity contribution in [1.29, 1.82) is 0 Å². The quantitative estimate of drug-likeness (QED) is 0.780. The Labute approximate surface area is 124 Å². The van der Waals surface area contributed by atoms with E-state index in [2.05, 4.69) is 39.9 Å². The van der Waals surface area contributed by atoms with Gasteiger partial charge in [0.25, 0.3) is 0 Å². The predicted octanol–water partition coefficient (Wildman–Crippen LogP) is 2.11. The van der Waals surface area contributed by atoms with Crippen LogP contribution in [-0.2, 0) is 19.5 Å². The number of nitrogens with two attached hydrogens (primary N) is 1. The van der Waals surface area contributed by atoms with Crippen molar-refractivity contribution in [3.8, 4) is 0 Å². The molecule has 0 aliphatic carbocycles. The number of hydrogen-bond donors (Lipinski definition) is 1. The third-order valence-electron chi connectivity index (χ3n) is 3.75. The number of fused-ring (bicyclic) bond motifs is 1. The second-order valence-electron chi connectivity index (χ2n) is 5.29. The lowest BCUT2D eigenvalue weighted by atomic mass is 10.2. The molecular formula is C16H21N5. The standard InChI is InChI=1S/C16H21N5/c1-3-21-14(9-12(2)19-21)11-20-10-13(6-7-17)15-5-4-8-18-16(15)20/h4-5,8-10H,3,6-7,11,17H2,1-2H3. The fraction of sp³-hybridized carbons (Fsp3) is 0.375. The molecule has 0 saturated carbocycles. The van der Waals surface area contributed by atoms with E-state index in [1.54, 1.807) is 0 Å². The summed E-state index contributed by atoms with van der Waals surface area (Å²) in [5.41, 5.74) is 10.3. The van der Waals surface area contributed by atoms with E-state index in [4.69, 9.17) is 5.73 Å². The van der Waals surface area contributed by atoms with Crippen LogP contribution in [0.1, 0.15) is 23.9 Å². The van der Waals surface area contributed by atoms with E-state index in [9.17, 15) is 0 Å². The van der Waals surface area contributed by atoms with Gasteiger partial charge in [0.05, 0.1) is 17.9 Å². The Hall–Kier alpha value is -2.14. The zero-order valence-electron chi connectivity index (χ0n) is 12.6. The Morgan fingerprint density at radius 2 is 2.19 bits per heavy atom. The fourth-order valence-electron chi connectivity index (χ4n) is 2.85. The summed E-state index contributed by atoms with van der Waals surface area (Å²) in [6, 6.07) is 6.24. The van der Waals surface area contributed by atoms with Crippen LogP contribution in [0, 0.1) is 6.92 Å². The molecule has 0 aliphatic rings. The normalized spacial score (nSPS) is 11.4. The summed E-state index contributed by atoms with van der Waals surface area (Å²) in [4.78, 5) is 4.54. The minimum absolute atomic E-state index is 0.653. The summed E-state index contributed by atoms with van der Waals surface area (Å²) in [6.07, 6.45) is 4.89. The van der Waals surface area contributed by atoms with Crippen molar-refractivity contribution in [1.82, 2.24) is 19.3 Å². The summed E-state index contributed by atoms with van der Waals surface area (Å²) in [5, 5.41) is 5.71. The molecule has 0 aliphatic heterocycles. The van der Waals surface area contributed by atoms with Gasteiger partial charge in [0.2, 0.25) is 0 Å². The summed E-state index contributed by atoms with van der Waals surface area (Å²) < 4.78 is 4.25. The molecule has 3 rings (SSSR count). The van der Waals surface area contributed by atoms with Gasteiger partial charge in [0.15, 0.2) is 0 Å². The molecule has 0 fully saturated rings. The lowest BCUT2D eigenvalue weighted by molar-refractivity contribution is 0.600. The topological polar surface area (TPSA) is 61.7 Å². The van der Waals surface area contributed by atoms with E-state index in [0.29, 0.717) is 6.54 Å². The molecule has 5 nitrogen and oxygen atoms in total. The van der Waals surface area contributed by atoms with E-state index in [1.807, 2.05) is 23.9 Å². The molecule has 110 valence electrons. The molecule has 0 radical (unpaired) electrons. The van der Waals surface area contributed by atoms with Gasteiger partial charge in [0, 0.05) is 24.3 Å². The number of nitrogens with zero attached hydrogens (tertiary/aromatic N) is 4. The van der Waals surface area contributed by atoms with Gasteiger partial charge >= 0.3 is 0 Å². The summed E-state index contributed by atoms with van der Waals surface area (Å²) >= 11 is 0. The molecule has 0 unspecified atom stereocenters. The van der Waals surface area contributed by atoms with E-state index in [1.165, 1.54) is 16.6 Å². The van der Waals surface area contributed by atoms with Crippen LogP contribution in [-0.4, -0.2) is 25.9 Å². The summed E-state index contributed by atoms with van der Waals surface area (Å²) in [7, 11) is 0. The first-order valence-corrected chi connectivity index (χ1v) is 7.39. The van der Waals surface area contributed by atoms with E-state index in [0.717, 1.165) is 30.9 Å². The van der Waals surface area contributed by atoms with Crippen LogP contribution in [0.4, 0.5) is 0 Å². The van der Waals surface area contributed by atoms with Crippen molar-refractivity contribution in [2.24, 2.45) is 5.73 Å². The molecule has 5 heteroatoms. The van der Waals surface area contributed by atoms with Crippen molar-refractivity contribution < 1.29 is 0 Å². The number of aryl methyl sites for hydroxylation is 2. The van der Waals surface area contributed by atoms with Crippen LogP contribution in [0.3, 0.4) is 0 Å². The molecule has 0 amide bonds. The van der Waals surface area contributed by atoms with Gasteiger partial charge in [0.1, 0.15) is 5.65 Å². The van der Waals surface area contributed by atoms with Gasteiger partial charge in [-0.1, -0.05) is 0 Å². The van der Waals surface area contributed by atoms with Crippen molar-refractivity contribution in [3.63, 3.8) is 0 Å². The Kier molecular flexibility index (Phi) is 3.75. The lowest BCUT2D eigenvalue weighted by Crippen LogP contribution is -2.07. The molecule has 3 aromatic rings. The zero-order chi connectivity index (χ0) is 14.8. The first kappa shape index (κ1) is 13.8. The van der Waals surface area contributed by atoms with Gasteiger partial charge in [-0.3, -0.25) is 4.68 Å². The fourth-order valence-corrected chi connectivity index (χ4v) is 2.85. The van der Waals surface area contributed by atoms with Crippen molar-refractivity contribution in [2.45, 2.75) is 33.4 Å². The third-order valence-corrected chi connectivity index (χ3v) is 3.75. The maximum absolute atomic E-state index is 5.72. The van der Waals surface area contributed by atoms with Crippen molar-refractivity contribution in [2.75, 3.05) is 6.54 Å². The highest BCUT2D eigenvalue weighted by Crippen LogP contribution is 2.21. The average molecular weight is 283 g/mol. The molecule has 0 atom stereocenters. The van der Waals surface area contributed by atoms with Gasteiger partial charge in [-0.05, 0) is 50.6 Å². The van der Waals surface area contributed by atoms with Crippen LogP contribution >= 0.6 is 0 Å². The Morgan fingerprint density at radius 1 is 1.33 bits per heavy atom. The highest BCUT2D eigenvalue weighted by molar-refractivity contribution is 5.80. The van der Waals surface area contributed by atoms with Crippen molar-refractivity contribution >= 4 is 11.0 Å². The molecule has 0 bridgehead atoms. The maximum atomic E-state index is 5.72. The Bertz CT molecular complexity index is 753. The van der Waals surface area contributed by atoms with Crippen LogP contribution in [0.2, 0.25) is 0 Å². The Morgan fingerprint density at radius 3 is 2.95 bits per heavy atom. The number of aromatic nitrogens is 4. The van der Waals surface area contributed by atoms with Gasteiger partial charge in [-0.25, -0.2) is 4.98 Å². The molecule has 0 saturated heterocycles. The van der Waals surface area contributed by atoms with E-state index in [-0.39, 0.29) is 0 Å². The third kappa shape index (κ3) is 2.56. The highest BCUT2D eigenvalue weighted by Gasteiger charge is 2.11. The van der Waals surface area contributed by atoms with Gasteiger partial charge in [-0.2, -0.15) is 5.10 Å². The summed E-state index contributed by atoms with van der Waals surface area (Å²) in [5.74, 6) is 0. The van der Waals surface area contributed by atoms with Crippen LogP contribution < -0.4 is 5.73 Å². The van der Waals surface area contributed by atoms with Crippen LogP contribution in [0.5, 0.6) is 0 Å². The monoisotopic (exact) mass is 283 g/mol. The molecule has 3 aromatic heterocycles. The Balaban J connectivity index is 2.04. The minimum atomic E-state index is 0.653. The van der Waals surface area contributed by atoms with E-state index >= 15 is 0 Å². The maximum Gasteiger partial charge on any atom is 0.140 e. The smallest absolute Gasteiger partial charge is 0.140 e. The highest BCUT2D eigenvalue weighted by atomic mass is 15.3. The van der Waals surface area contributed by atoms with Crippen molar-refractivity contribution in [3.05, 3.63) is 47.5 Å². The molecule has 21 heavy (non-hydrogen) atoms. The lowest BCUT2D eigenvalue weighted by Gasteiger charge is -2.06. The van der Waals surface area contributed by atoms with Gasteiger partial charge in [-0.15, -0.1) is 0 Å². The largest absolute Gasteiger partial charge is 0.330 e. The second-order valence-corrected chi connectivity index (χ2v) is 5.29. The molecule has 2 N–H and O–H groups in total. The number of rotatable bonds is 5.